The predicted octanol–water partition coefficient (Wildman–Crippen LogP) is 5.29. The molecule has 5 nitrogen and oxygen atoms in total. The quantitative estimate of drug-likeness (QED) is 0.472. The van der Waals surface area contributed by atoms with E-state index in [0.717, 1.165) is 41.7 Å². The highest BCUT2D eigenvalue weighted by molar-refractivity contribution is 5.75. The average molecular weight is 490 g/mol. The highest BCUT2D eigenvalue weighted by Crippen LogP contribution is 2.37. The number of likely N-dealkylation sites (tertiary alicyclic amines) is 1. The van der Waals surface area contributed by atoms with Crippen LogP contribution in [-0.2, 0) is 5.60 Å². The van der Waals surface area contributed by atoms with Crippen molar-refractivity contribution in [2.24, 2.45) is 17.8 Å². The van der Waals surface area contributed by atoms with Crippen LogP contribution in [0.5, 0.6) is 0 Å². The number of hydrogen-bond donors (Lipinski definition) is 3. The van der Waals surface area contributed by atoms with E-state index in [1.54, 1.807) is 0 Å². The predicted molar refractivity (Wildman–Crippen MR) is 145 cm³/mol. The summed E-state index contributed by atoms with van der Waals surface area (Å²) in [7, 11) is 0. The molecular formula is C31H43N3O2. The Labute approximate surface area is 216 Å². The Balaban J connectivity index is 1.10. The minimum absolute atomic E-state index is 0.194. The summed E-state index contributed by atoms with van der Waals surface area (Å²) < 4.78 is 0. The molecular weight excluding hydrogens is 446 g/mol. The van der Waals surface area contributed by atoms with E-state index < -0.39 is 11.6 Å². The van der Waals surface area contributed by atoms with E-state index in [9.17, 15) is 9.90 Å². The second-order valence-electron chi connectivity index (χ2n) is 11.6. The third-order valence-electron chi connectivity index (χ3n) is 9.12. The number of piperidine rings is 1. The monoisotopic (exact) mass is 489 g/mol. The molecule has 2 aromatic carbocycles. The summed E-state index contributed by atoms with van der Waals surface area (Å²) in [5.74, 6) is 2.71. The zero-order valence-electron chi connectivity index (χ0n) is 21.7. The third-order valence-corrected chi connectivity index (χ3v) is 9.12. The molecule has 1 heterocycles. The van der Waals surface area contributed by atoms with Crippen molar-refractivity contribution in [3.8, 4) is 0 Å². The summed E-state index contributed by atoms with van der Waals surface area (Å²) in [4.78, 5) is 15.7. The van der Waals surface area contributed by atoms with Crippen LogP contribution in [0.15, 0.2) is 60.7 Å². The number of rotatable bonds is 8. The second-order valence-corrected chi connectivity index (χ2v) is 11.6. The first kappa shape index (κ1) is 25.3. The van der Waals surface area contributed by atoms with E-state index in [1.165, 1.54) is 58.2 Å². The van der Waals surface area contributed by atoms with Crippen LogP contribution in [0.1, 0.15) is 69.4 Å². The Morgan fingerprint density at radius 3 is 2.03 bits per heavy atom. The lowest BCUT2D eigenvalue weighted by molar-refractivity contribution is 0.0470. The van der Waals surface area contributed by atoms with Gasteiger partial charge in [0.1, 0.15) is 5.60 Å². The highest BCUT2D eigenvalue weighted by Gasteiger charge is 2.39. The zero-order chi connectivity index (χ0) is 25.0. The van der Waals surface area contributed by atoms with Crippen molar-refractivity contribution in [3.05, 3.63) is 71.8 Å². The molecule has 0 radical (unpaired) electrons. The van der Waals surface area contributed by atoms with Gasteiger partial charge in [-0.3, -0.25) is 0 Å². The molecule has 3 atom stereocenters. The zero-order valence-corrected chi connectivity index (χ0v) is 21.7. The number of hydrogen-bond acceptors (Lipinski definition) is 3. The molecule has 2 aliphatic carbocycles. The molecule has 1 aliphatic heterocycles. The van der Waals surface area contributed by atoms with Crippen LogP contribution >= 0.6 is 0 Å². The molecule has 3 N–H and O–H groups in total. The van der Waals surface area contributed by atoms with E-state index in [-0.39, 0.29) is 12.1 Å². The lowest BCUT2D eigenvalue weighted by Gasteiger charge is -2.37. The van der Waals surface area contributed by atoms with Gasteiger partial charge >= 0.3 is 6.03 Å². The molecule has 194 valence electrons. The number of nitrogens with one attached hydrogen (secondary N) is 2. The lowest BCUT2D eigenvalue weighted by Crippen LogP contribution is -2.54. The first-order valence-electron chi connectivity index (χ1n) is 14.1. The van der Waals surface area contributed by atoms with Crippen molar-refractivity contribution in [2.75, 3.05) is 19.6 Å². The Bertz CT molecular complexity index is 922. The summed E-state index contributed by atoms with van der Waals surface area (Å²) >= 11 is 0. The molecule has 2 aromatic rings. The maximum absolute atomic E-state index is 13.0. The molecule has 3 fully saturated rings. The van der Waals surface area contributed by atoms with E-state index in [2.05, 4.69) is 15.5 Å². The lowest BCUT2D eigenvalue weighted by atomic mass is 9.81. The second kappa shape index (κ2) is 11.4. The van der Waals surface area contributed by atoms with Gasteiger partial charge in [-0.1, -0.05) is 60.7 Å². The van der Waals surface area contributed by atoms with Crippen molar-refractivity contribution in [1.29, 1.82) is 0 Å². The number of carbonyl (C=O) groups is 1. The van der Waals surface area contributed by atoms with E-state index in [4.69, 9.17) is 0 Å². The highest BCUT2D eigenvalue weighted by atomic mass is 16.3. The smallest absolute Gasteiger partial charge is 0.315 e. The Kier molecular flexibility index (Phi) is 7.97. The van der Waals surface area contributed by atoms with Gasteiger partial charge in [-0.2, -0.15) is 0 Å². The molecule has 2 amide bonds. The largest absolute Gasteiger partial charge is 0.378 e. The van der Waals surface area contributed by atoms with E-state index in [1.807, 2.05) is 67.6 Å². The van der Waals surface area contributed by atoms with Crippen LogP contribution < -0.4 is 10.6 Å². The molecule has 5 rings (SSSR count). The van der Waals surface area contributed by atoms with Gasteiger partial charge in [0.05, 0.1) is 6.04 Å². The van der Waals surface area contributed by atoms with Crippen molar-refractivity contribution in [3.63, 3.8) is 0 Å². The number of carbonyl (C=O) groups excluding carboxylic acids is 1. The van der Waals surface area contributed by atoms with E-state index >= 15 is 0 Å². The minimum atomic E-state index is -1.31. The van der Waals surface area contributed by atoms with Gasteiger partial charge in [0.2, 0.25) is 0 Å². The first-order valence-corrected chi connectivity index (χ1v) is 14.1. The molecule has 5 heteroatoms. The Morgan fingerprint density at radius 2 is 1.47 bits per heavy atom. The van der Waals surface area contributed by atoms with Crippen molar-refractivity contribution in [1.82, 2.24) is 15.5 Å². The Hall–Kier alpha value is -2.37. The number of nitrogens with zero attached hydrogens (tertiary/aromatic N) is 1. The average Bonchev–Trinajstić information content (AvgIpc) is 3.26. The fourth-order valence-electron chi connectivity index (χ4n) is 7.04. The maximum atomic E-state index is 13.0. The molecule has 0 spiro atoms. The number of urea groups is 1. The van der Waals surface area contributed by atoms with Gasteiger partial charge in [0, 0.05) is 19.1 Å². The van der Waals surface area contributed by atoms with Gasteiger partial charge in [-0.25, -0.2) is 4.79 Å². The van der Waals surface area contributed by atoms with Gasteiger partial charge in [-0.15, -0.1) is 0 Å². The van der Waals surface area contributed by atoms with Crippen LogP contribution in [0, 0.1) is 17.8 Å². The Morgan fingerprint density at radius 1 is 0.917 bits per heavy atom. The van der Waals surface area contributed by atoms with E-state index in [0.29, 0.717) is 0 Å². The van der Waals surface area contributed by atoms with Crippen molar-refractivity contribution in [2.45, 2.75) is 76.0 Å². The fraction of sp³-hybridized carbons (Fsp3) is 0.581. The van der Waals surface area contributed by atoms with Crippen LogP contribution in [0.3, 0.4) is 0 Å². The topological polar surface area (TPSA) is 64.6 Å². The van der Waals surface area contributed by atoms with Crippen LogP contribution in [0.25, 0.3) is 0 Å². The van der Waals surface area contributed by atoms with Crippen LogP contribution in [0.4, 0.5) is 4.79 Å². The summed E-state index contributed by atoms with van der Waals surface area (Å²) in [6.45, 7) is 5.78. The van der Waals surface area contributed by atoms with Gasteiger partial charge < -0.3 is 20.6 Å². The SMILES string of the molecule is C[C@H](NC(=O)N[C@H]1CC[C@H](CCN2C[C@@H]3CC[C@@H](C3)C2)CC1)C(O)(c1ccccc1)c1ccccc1. The van der Waals surface area contributed by atoms with Crippen LogP contribution in [-0.4, -0.2) is 47.8 Å². The number of amides is 2. The summed E-state index contributed by atoms with van der Waals surface area (Å²) in [6, 6.07) is 18.7. The van der Waals surface area contributed by atoms with Gasteiger partial charge in [0.25, 0.3) is 0 Å². The van der Waals surface area contributed by atoms with Gasteiger partial charge in [0.15, 0.2) is 0 Å². The molecule has 36 heavy (non-hydrogen) atoms. The van der Waals surface area contributed by atoms with Crippen LogP contribution in [0.2, 0.25) is 0 Å². The molecule has 1 saturated heterocycles. The molecule has 3 aliphatic rings. The molecule has 2 bridgehead atoms. The van der Waals surface area contributed by atoms with Crippen molar-refractivity contribution < 1.29 is 9.90 Å². The fourth-order valence-corrected chi connectivity index (χ4v) is 7.04. The molecule has 0 unspecified atom stereocenters. The standard InChI is InChI=1S/C31H43N3O2/c1-23(31(36,27-8-4-2-5-9-27)28-10-6-3-7-11-28)32-30(35)33-29-16-14-24(15-17-29)18-19-34-21-25-12-13-26(20-25)22-34/h2-11,23-26,29,36H,12-22H2,1H3,(H2,32,33,35)/t23-,24-,25-,26+,29-/m0/s1. The third kappa shape index (κ3) is 5.78. The molecule has 2 saturated carbocycles. The maximum Gasteiger partial charge on any atom is 0.315 e. The normalized spacial score (nSPS) is 27.4. The number of benzene rings is 2. The summed E-state index contributed by atoms with van der Waals surface area (Å²) in [5, 5.41) is 18.1. The first-order chi connectivity index (χ1) is 17.5. The van der Waals surface area contributed by atoms with Crippen molar-refractivity contribution >= 4 is 6.03 Å². The number of fused-ring (bicyclic) bond motifs is 2. The van der Waals surface area contributed by atoms with Gasteiger partial charge in [-0.05, 0) is 93.7 Å². The minimum Gasteiger partial charge on any atom is -0.378 e. The number of aliphatic hydroxyl groups is 1. The summed E-state index contributed by atoms with van der Waals surface area (Å²) in [6.07, 6.45) is 10.1. The molecule has 0 aromatic heterocycles. The summed E-state index contributed by atoms with van der Waals surface area (Å²) in [5.41, 5.74) is 0.225.